The normalized spacial score (nSPS) is 16.9. The van der Waals surface area contributed by atoms with Gasteiger partial charge >= 0.3 is 5.97 Å². The molecule has 3 aromatic rings. The van der Waals surface area contributed by atoms with Gasteiger partial charge in [-0.2, -0.15) is 0 Å². The number of aromatic carboxylic acids is 1. The highest BCUT2D eigenvalue weighted by Gasteiger charge is 2.31. The van der Waals surface area contributed by atoms with Crippen LogP contribution in [0.4, 0.5) is 5.69 Å². The number of benzene rings is 1. The quantitative estimate of drug-likeness (QED) is 0.561. The van der Waals surface area contributed by atoms with Crippen LogP contribution in [-0.2, 0) is 6.54 Å². The van der Waals surface area contributed by atoms with Gasteiger partial charge in [0, 0.05) is 37.5 Å². The molecule has 0 unspecified atom stereocenters. The summed E-state index contributed by atoms with van der Waals surface area (Å²) in [5, 5.41) is 9.63. The van der Waals surface area contributed by atoms with E-state index in [1.54, 1.807) is 0 Å². The topological polar surface area (TPSA) is 54.7 Å². The number of aromatic nitrogens is 1. The smallest absolute Gasteiger partial charge is 0.345 e. The molecule has 30 heavy (non-hydrogen) atoms. The molecular weight excluding hydrogens is 396 g/mol. The van der Waals surface area contributed by atoms with E-state index in [0.717, 1.165) is 24.4 Å². The maximum Gasteiger partial charge on any atom is 0.345 e. The minimum atomic E-state index is -0.826. The van der Waals surface area contributed by atoms with Crippen molar-refractivity contribution in [2.24, 2.45) is 0 Å². The molecule has 1 saturated carbocycles. The van der Waals surface area contributed by atoms with Crippen molar-refractivity contribution < 1.29 is 14.6 Å². The Morgan fingerprint density at radius 3 is 2.73 bits per heavy atom. The minimum Gasteiger partial charge on any atom is -0.494 e. The number of likely N-dealkylation sites (N-methyl/N-ethyl adjacent to an activating group) is 1. The summed E-state index contributed by atoms with van der Waals surface area (Å²) in [5.74, 6) is 0.575. The van der Waals surface area contributed by atoms with Gasteiger partial charge < -0.3 is 19.3 Å². The van der Waals surface area contributed by atoms with Gasteiger partial charge in [-0.05, 0) is 49.4 Å². The third kappa shape index (κ3) is 3.09. The molecule has 158 valence electrons. The predicted molar refractivity (Wildman–Crippen MR) is 122 cm³/mol. The van der Waals surface area contributed by atoms with Gasteiger partial charge in [-0.25, -0.2) is 4.79 Å². The van der Waals surface area contributed by atoms with Crippen molar-refractivity contribution in [3.05, 3.63) is 34.7 Å². The highest BCUT2D eigenvalue weighted by Crippen LogP contribution is 2.49. The van der Waals surface area contributed by atoms with Crippen molar-refractivity contribution in [3.8, 4) is 17.0 Å². The van der Waals surface area contributed by atoms with Gasteiger partial charge in [0.1, 0.15) is 10.6 Å². The number of hydrogen-bond acceptors (Lipinski definition) is 4. The summed E-state index contributed by atoms with van der Waals surface area (Å²) in [6.07, 6.45) is 6.19. The number of anilines is 1. The molecule has 0 atom stereocenters. The molecule has 1 aliphatic carbocycles. The number of ether oxygens (including phenoxy) is 1. The van der Waals surface area contributed by atoms with Crippen LogP contribution >= 0.6 is 11.3 Å². The van der Waals surface area contributed by atoms with Gasteiger partial charge in [0.15, 0.2) is 0 Å². The van der Waals surface area contributed by atoms with Crippen molar-refractivity contribution in [2.45, 2.75) is 51.5 Å². The Labute approximate surface area is 180 Å². The van der Waals surface area contributed by atoms with E-state index in [0.29, 0.717) is 17.4 Å². The SMILES string of the molecule is CCOc1ccc2c(c1)N(C)CCn1c-2c(C2CCCCC2)c2sc(C(=O)O)cc21. The third-order valence-corrected chi connectivity index (χ3v) is 7.75. The molecule has 0 amide bonds. The number of carboxylic acids is 1. The molecule has 0 spiro atoms. The lowest BCUT2D eigenvalue weighted by Crippen LogP contribution is -2.20. The largest absolute Gasteiger partial charge is 0.494 e. The van der Waals surface area contributed by atoms with Crippen LogP contribution in [0.2, 0.25) is 0 Å². The summed E-state index contributed by atoms with van der Waals surface area (Å²) >= 11 is 1.45. The van der Waals surface area contributed by atoms with Crippen LogP contribution < -0.4 is 9.64 Å². The number of rotatable bonds is 4. The molecule has 5 rings (SSSR count). The van der Waals surface area contributed by atoms with Gasteiger partial charge in [-0.1, -0.05) is 19.3 Å². The fourth-order valence-electron chi connectivity index (χ4n) is 5.20. The monoisotopic (exact) mass is 424 g/mol. The zero-order valence-electron chi connectivity index (χ0n) is 17.6. The standard InChI is InChI=1S/C24H28N2O3S/c1-3-29-16-9-10-17-18(13-16)25(2)11-12-26-19-14-20(24(27)28)30-23(19)21(22(17)26)15-7-5-4-6-8-15/h9-10,13-15H,3-8,11-12H2,1-2H3,(H,27,28). The van der Waals surface area contributed by atoms with Crippen LogP contribution in [0.25, 0.3) is 21.5 Å². The minimum absolute atomic E-state index is 0.442. The summed E-state index contributed by atoms with van der Waals surface area (Å²) in [5.41, 5.74) is 6.19. The molecule has 2 aliphatic rings. The molecule has 6 heteroatoms. The molecular formula is C24H28N2O3S. The molecule has 2 aromatic heterocycles. The maximum atomic E-state index is 11.7. The highest BCUT2D eigenvalue weighted by molar-refractivity contribution is 7.21. The fourth-order valence-corrected chi connectivity index (χ4v) is 6.33. The summed E-state index contributed by atoms with van der Waals surface area (Å²) in [4.78, 5) is 14.5. The lowest BCUT2D eigenvalue weighted by Gasteiger charge is -2.24. The predicted octanol–water partition coefficient (Wildman–Crippen LogP) is 5.96. The first-order valence-electron chi connectivity index (χ1n) is 11.0. The molecule has 5 nitrogen and oxygen atoms in total. The Hall–Kier alpha value is -2.47. The second-order valence-corrected chi connectivity index (χ2v) is 9.46. The van der Waals surface area contributed by atoms with E-state index in [4.69, 9.17) is 4.74 Å². The Bertz CT molecular complexity index is 1110. The first-order valence-corrected chi connectivity index (χ1v) is 11.8. The van der Waals surface area contributed by atoms with Crippen LogP contribution in [0.5, 0.6) is 5.75 Å². The molecule has 1 N–H and O–H groups in total. The number of carboxylic acid groups (broad SMARTS) is 1. The Morgan fingerprint density at radius 1 is 1.20 bits per heavy atom. The van der Waals surface area contributed by atoms with Crippen molar-refractivity contribution in [3.63, 3.8) is 0 Å². The zero-order chi connectivity index (χ0) is 20.8. The Morgan fingerprint density at radius 2 is 2.00 bits per heavy atom. The molecule has 0 saturated heterocycles. The highest BCUT2D eigenvalue weighted by atomic mass is 32.1. The van der Waals surface area contributed by atoms with Crippen molar-refractivity contribution >= 4 is 33.2 Å². The van der Waals surface area contributed by atoms with E-state index in [1.807, 2.05) is 13.0 Å². The van der Waals surface area contributed by atoms with Crippen LogP contribution in [0.1, 0.15) is 60.2 Å². The van der Waals surface area contributed by atoms with Crippen molar-refractivity contribution in [2.75, 3.05) is 25.1 Å². The molecule has 3 heterocycles. The van der Waals surface area contributed by atoms with Gasteiger partial charge in [-0.3, -0.25) is 0 Å². The Balaban J connectivity index is 1.78. The first-order chi connectivity index (χ1) is 14.6. The van der Waals surface area contributed by atoms with Crippen LogP contribution in [0, 0.1) is 0 Å². The Kier molecular flexibility index (Phi) is 4.97. The number of hydrogen-bond donors (Lipinski definition) is 1. The zero-order valence-corrected chi connectivity index (χ0v) is 18.4. The second kappa shape index (κ2) is 7.65. The van der Waals surface area contributed by atoms with E-state index in [9.17, 15) is 9.90 Å². The lowest BCUT2D eigenvalue weighted by atomic mass is 9.83. The molecule has 0 radical (unpaired) electrons. The van der Waals surface area contributed by atoms with E-state index in [-0.39, 0.29) is 0 Å². The van der Waals surface area contributed by atoms with Crippen molar-refractivity contribution in [1.29, 1.82) is 0 Å². The maximum absolute atomic E-state index is 11.7. The van der Waals surface area contributed by atoms with Crippen molar-refractivity contribution in [1.82, 2.24) is 4.57 Å². The summed E-state index contributed by atoms with van der Waals surface area (Å²) in [7, 11) is 2.13. The summed E-state index contributed by atoms with van der Waals surface area (Å²) in [6, 6.07) is 8.31. The lowest BCUT2D eigenvalue weighted by molar-refractivity contribution is 0.0702. The van der Waals surface area contributed by atoms with Crippen LogP contribution in [0.3, 0.4) is 0 Å². The molecule has 1 aromatic carbocycles. The number of thiophene rings is 1. The summed E-state index contributed by atoms with van der Waals surface area (Å²) in [6.45, 7) is 4.39. The van der Waals surface area contributed by atoms with Crippen LogP contribution in [-0.4, -0.2) is 35.8 Å². The van der Waals surface area contributed by atoms with E-state index >= 15 is 0 Å². The fraction of sp³-hybridized carbons (Fsp3) is 0.458. The average molecular weight is 425 g/mol. The van der Waals surface area contributed by atoms with Gasteiger partial charge in [-0.15, -0.1) is 11.3 Å². The van der Waals surface area contributed by atoms with Gasteiger partial charge in [0.05, 0.1) is 22.5 Å². The number of fused-ring (bicyclic) bond motifs is 5. The molecule has 1 fully saturated rings. The van der Waals surface area contributed by atoms with E-state index in [1.165, 1.54) is 70.6 Å². The average Bonchev–Trinajstić information content (AvgIpc) is 3.26. The molecule has 1 aliphatic heterocycles. The third-order valence-electron chi connectivity index (χ3n) is 6.60. The van der Waals surface area contributed by atoms with Gasteiger partial charge in [0.25, 0.3) is 0 Å². The first kappa shape index (κ1) is 19.5. The second-order valence-electron chi connectivity index (χ2n) is 8.41. The van der Waals surface area contributed by atoms with Crippen LogP contribution in [0.15, 0.2) is 24.3 Å². The summed E-state index contributed by atoms with van der Waals surface area (Å²) < 4.78 is 9.34. The molecule has 0 bridgehead atoms. The van der Waals surface area contributed by atoms with Gasteiger partial charge in [0.2, 0.25) is 0 Å². The number of nitrogens with zero attached hydrogens (tertiary/aromatic N) is 2. The van der Waals surface area contributed by atoms with E-state index in [2.05, 4.69) is 34.7 Å². The number of carbonyl (C=O) groups is 1. The van der Waals surface area contributed by atoms with E-state index < -0.39 is 5.97 Å².